The molecule has 5 heteroatoms. The Labute approximate surface area is 131 Å². The second kappa shape index (κ2) is 6.41. The highest BCUT2D eigenvalue weighted by atomic mass is 79.9. The highest BCUT2D eigenvalue weighted by Gasteiger charge is 2.15. The number of thiophene rings is 1. The second-order valence-electron chi connectivity index (χ2n) is 4.78. The average Bonchev–Trinajstić information content (AvgIpc) is 2.85. The van der Waals surface area contributed by atoms with Crippen LogP contribution in [-0.2, 0) is 0 Å². The van der Waals surface area contributed by atoms with Crippen LogP contribution in [0, 0.1) is 0 Å². The van der Waals surface area contributed by atoms with Crippen molar-refractivity contribution in [1.82, 2.24) is 4.90 Å². The van der Waals surface area contributed by atoms with Crippen LogP contribution in [0.15, 0.2) is 40.2 Å². The Morgan fingerprint density at radius 3 is 2.65 bits per heavy atom. The van der Waals surface area contributed by atoms with E-state index in [2.05, 4.69) is 39.6 Å². The normalized spacial score (nSPS) is 12.0. The molecule has 0 bridgehead atoms. The Balaban J connectivity index is 2.23. The smallest absolute Gasteiger partial charge is 0.255 e. The highest BCUT2D eigenvalue weighted by Crippen LogP contribution is 2.29. The molecule has 1 N–H and O–H groups in total. The lowest BCUT2D eigenvalue weighted by Crippen LogP contribution is -2.23. The molecule has 2 aromatic rings. The van der Waals surface area contributed by atoms with Crippen LogP contribution >= 0.6 is 27.3 Å². The molecule has 1 heterocycles. The lowest BCUT2D eigenvalue weighted by Gasteiger charge is -2.18. The van der Waals surface area contributed by atoms with Crippen molar-refractivity contribution in [2.45, 2.75) is 13.0 Å². The Hall–Kier alpha value is -1.33. The molecule has 0 spiro atoms. The largest absolute Gasteiger partial charge is 0.377 e. The van der Waals surface area contributed by atoms with Crippen LogP contribution < -0.4 is 5.32 Å². The molecule has 2 rings (SSSR count). The Bertz CT molecular complexity index is 609. The molecule has 0 fully saturated rings. The van der Waals surface area contributed by atoms with E-state index in [0.717, 1.165) is 10.2 Å². The first-order valence-corrected chi connectivity index (χ1v) is 7.97. The third-order valence-corrected chi connectivity index (χ3v) is 4.83. The van der Waals surface area contributed by atoms with Crippen molar-refractivity contribution in [2.75, 3.05) is 19.4 Å². The molecule has 106 valence electrons. The summed E-state index contributed by atoms with van der Waals surface area (Å²) in [5.41, 5.74) is 1.56. The van der Waals surface area contributed by atoms with Crippen molar-refractivity contribution in [3.05, 3.63) is 50.6 Å². The van der Waals surface area contributed by atoms with Crippen molar-refractivity contribution in [1.29, 1.82) is 0 Å². The number of halogens is 1. The van der Waals surface area contributed by atoms with Gasteiger partial charge in [0.15, 0.2) is 0 Å². The van der Waals surface area contributed by atoms with Crippen molar-refractivity contribution < 1.29 is 4.79 Å². The molecule has 0 aliphatic rings. The predicted molar refractivity (Wildman–Crippen MR) is 88.5 cm³/mol. The van der Waals surface area contributed by atoms with Crippen LogP contribution in [0.2, 0.25) is 0 Å². The number of rotatable bonds is 4. The molecule has 0 radical (unpaired) electrons. The van der Waals surface area contributed by atoms with E-state index in [1.54, 1.807) is 30.3 Å². The molecule has 1 unspecified atom stereocenters. The predicted octanol–water partition coefficient (Wildman–Crippen LogP) is 4.39. The van der Waals surface area contributed by atoms with Crippen molar-refractivity contribution in [3.8, 4) is 0 Å². The minimum Gasteiger partial charge on any atom is -0.377 e. The summed E-state index contributed by atoms with van der Waals surface area (Å²) in [6, 6.07) is 9.86. The number of amides is 1. The van der Waals surface area contributed by atoms with Gasteiger partial charge in [-0.2, -0.15) is 0 Å². The monoisotopic (exact) mass is 352 g/mol. The SMILES string of the molecule is CC(Nc1ccccc1C(=O)N(C)C)c1cc(Br)cs1. The van der Waals surface area contributed by atoms with Gasteiger partial charge >= 0.3 is 0 Å². The van der Waals surface area contributed by atoms with Gasteiger partial charge in [0.05, 0.1) is 11.6 Å². The molecule has 1 aromatic carbocycles. The van der Waals surface area contributed by atoms with Gasteiger partial charge in [0, 0.05) is 34.5 Å². The van der Waals surface area contributed by atoms with E-state index in [-0.39, 0.29) is 11.9 Å². The highest BCUT2D eigenvalue weighted by molar-refractivity contribution is 9.10. The zero-order valence-corrected chi connectivity index (χ0v) is 14.1. The molecular weight excluding hydrogens is 336 g/mol. The van der Waals surface area contributed by atoms with Crippen molar-refractivity contribution in [3.63, 3.8) is 0 Å². The van der Waals surface area contributed by atoms with Gasteiger partial charge in [-0.25, -0.2) is 0 Å². The zero-order valence-electron chi connectivity index (χ0n) is 11.7. The van der Waals surface area contributed by atoms with Crippen LogP contribution in [0.1, 0.15) is 28.2 Å². The van der Waals surface area contributed by atoms with E-state index < -0.39 is 0 Å². The van der Waals surface area contributed by atoms with Gasteiger partial charge in [-0.3, -0.25) is 4.79 Å². The number of carbonyl (C=O) groups excluding carboxylic acids is 1. The van der Waals surface area contributed by atoms with E-state index in [1.807, 2.05) is 24.3 Å². The minimum absolute atomic E-state index is 0.00709. The number of benzene rings is 1. The van der Waals surface area contributed by atoms with Gasteiger partial charge in [-0.15, -0.1) is 11.3 Å². The number of nitrogens with one attached hydrogen (secondary N) is 1. The first-order chi connectivity index (χ1) is 9.49. The summed E-state index contributed by atoms with van der Waals surface area (Å²) in [5, 5.41) is 5.48. The third-order valence-electron chi connectivity index (χ3n) is 2.95. The Morgan fingerprint density at radius 1 is 1.35 bits per heavy atom. The molecule has 1 aromatic heterocycles. The van der Waals surface area contributed by atoms with Crippen molar-refractivity contribution in [2.24, 2.45) is 0 Å². The first-order valence-electron chi connectivity index (χ1n) is 6.30. The first kappa shape index (κ1) is 15.1. The topological polar surface area (TPSA) is 32.3 Å². The summed E-state index contributed by atoms with van der Waals surface area (Å²) in [6.07, 6.45) is 0. The van der Waals surface area contributed by atoms with Gasteiger partial charge in [0.25, 0.3) is 5.91 Å². The summed E-state index contributed by atoms with van der Waals surface area (Å²) in [4.78, 5) is 15.0. The van der Waals surface area contributed by atoms with E-state index in [1.165, 1.54) is 4.88 Å². The fourth-order valence-electron chi connectivity index (χ4n) is 1.90. The van der Waals surface area contributed by atoms with Gasteiger partial charge in [-0.1, -0.05) is 12.1 Å². The van der Waals surface area contributed by atoms with E-state index in [9.17, 15) is 4.79 Å². The fraction of sp³-hybridized carbons (Fsp3) is 0.267. The standard InChI is InChI=1S/C15H17BrN2OS/c1-10(14-8-11(16)9-20-14)17-13-7-5-4-6-12(13)15(19)18(2)3/h4-10,17H,1-3H3. The van der Waals surface area contributed by atoms with Crippen LogP contribution in [-0.4, -0.2) is 24.9 Å². The second-order valence-corrected chi connectivity index (χ2v) is 6.64. The number of hydrogen-bond donors (Lipinski definition) is 1. The maximum Gasteiger partial charge on any atom is 0.255 e. The number of anilines is 1. The summed E-state index contributed by atoms with van der Waals surface area (Å²) in [6.45, 7) is 2.09. The van der Waals surface area contributed by atoms with E-state index >= 15 is 0 Å². The van der Waals surface area contributed by atoms with Gasteiger partial charge in [0.2, 0.25) is 0 Å². The summed E-state index contributed by atoms with van der Waals surface area (Å²) < 4.78 is 1.09. The van der Waals surface area contributed by atoms with Crippen LogP contribution in [0.3, 0.4) is 0 Å². The maximum absolute atomic E-state index is 12.2. The van der Waals surface area contributed by atoms with Gasteiger partial charge in [-0.05, 0) is 41.1 Å². The summed E-state index contributed by atoms with van der Waals surface area (Å²) in [5.74, 6) is 0.00709. The number of hydrogen-bond acceptors (Lipinski definition) is 3. The van der Waals surface area contributed by atoms with E-state index in [0.29, 0.717) is 5.56 Å². The fourth-order valence-corrected chi connectivity index (χ4v) is 3.35. The number of carbonyl (C=O) groups is 1. The Kier molecular flexibility index (Phi) is 4.83. The summed E-state index contributed by atoms with van der Waals surface area (Å²) >= 11 is 5.16. The average molecular weight is 353 g/mol. The molecule has 1 amide bonds. The van der Waals surface area contributed by atoms with Crippen LogP contribution in [0.4, 0.5) is 5.69 Å². The minimum atomic E-state index is 0.00709. The molecule has 0 saturated carbocycles. The maximum atomic E-state index is 12.2. The zero-order chi connectivity index (χ0) is 14.7. The summed E-state index contributed by atoms with van der Waals surface area (Å²) in [7, 11) is 3.53. The lowest BCUT2D eigenvalue weighted by atomic mass is 10.1. The number of para-hydroxylation sites is 1. The Morgan fingerprint density at radius 2 is 2.05 bits per heavy atom. The van der Waals surface area contributed by atoms with Crippen LogP contribution in [0.25, 0.3) is 0 Å². The number of nitrogens with zero attached hydrogens (tertiary/aromatic N) is 1. The van der Waals surface area contributed by atoms with Gasteiger partial charge < -0.3 is 10.2 Å². The molecule has 0 saturated heterocycles. The van der Waals surface area contributed by atoms with Crippen molar-refractivity contribution >= 4 is 38.9 Å². The van der Waals surface area contributed by atoms with E-state index in [4.69, 9.17) is 0 Å². The molecular formula is C15H17BrN2OS. The molecule has 20 heavy (non-hydrogen) atoms. The molecule has 1 atom stereocenters. The third kappa shape index (κ3) is 3.41. The molecule has 0 aliphatic heterocycles. The van der Waals surface area contributed by atoms with Crippen LogP contribution in [0.5, 0.6) is 0 Å². The molecule has 0 aliphatic carbocycles. The van der Waals surface area contributed by atoms with Gasteiger partial charge in [0.1, 0.15) is 0 Å². The lowest BCUT2D eigenvalue weighted by molar-refractivity contribution is 0.0828. The quantitative estimate of drug-likeness (QED) is 0.884. The molecule has 3 nitrogen and oxygen atoms in total.